The van der Waals surface area contributed by atoms with E-state index in [9.17, 15) is 9.59 Å². The van der Waals surface area contributed by atoms with Crippen LogP contribution in [0.4, 0.5) is 0 Å². The number of nitrogens with one attached hydrogen (secondary N) is 1. The Labute approximate surface area is 207 Å². The van der Waals surface area contributed by atoms with Gasteiger partial charge >= 0.3 is 0 Å². The molecule has 0 fully saturated rings. The Bertz CT molecular complexity index is 1010. The smallest absolute Gasteiger partial charge is 0.243 e. The van der Waals surface area contributed by atoms with Crippen LogP contribution < -0.4 is 5.32 Å². The fourth-order valence-electron chi connectivity index (χ4n) is 3.69. The van der Waals surface area contributed by atoms with Gasteiger partial charge in [-0.1, -0.05) is 97.9 Å². The number of rotatable bonds is 12. The summed E-state index contributed by atoms with van der Waals surface area (Å²) in [6, 6.07) is 29.4. The minimum Gasteiger partial charge on any atom is -0.352 e. The fraction of sp³-hybridized carbons (Fsp3) is 0.310. The Morgan fingerprint density at radius 2 is 1.35 bits per heavy atom. The molecule has 0 bridgehead atoms. The third-order valence-corrected chi connectivity index (χ3v) is 6.79. The zero-order chi connectivity index (χ0) is 24.2. The maximum atomic E-state index is 13.6. The van der Waals surface area contributed by atoms with Crippen LogP contribution in [0.2, 0.25) is 0 Å². The normalized spacial score (nSPS) is 12.5. The third-order valence-electron chi connectivity index (χ3n) is 5.80. The van der Waals surface area contributed by atoms with Gasteiger partial charge in [0.2, 0.25) is 11.8 Å². The Morgan fingerprint density at radius 3 is 1.91 bits per heavy atom. The Morgan fingerprint density at radius 1 is 0.824 bits per heavy atom. The summed E-state index contributed by atoms with van der Waals surface area (Å²) in [6.45, 7) is 4.44. The van der Waals surface area contributed by atoms with E-state index < -0.39 is 6.04 Å². The molecule has 0 heterocycles. The summed E-state index contributed by atoms with van der Waals surface area (Å²) in [4.78, 5) is 28.8. The number of nitrogens with zero attached hydrogens (tertiary/aromatic N) is 1. The number of benzene rings is 3. The third kappa shape index (κ3) is 8.07. The van der Waals surface area contributed by atoms with Crippen molar-refractivity contribution >= 4 is 23.6 Å². The predicted molar refractivity (Wildman–Crippen MR) is 141 cm³/mol. The van der Waals surface area contributed by atoms with E-state index in [4.69, 9.17) is 0 Å². The average Bonchev–Trinajstić information content (AvgIpc) is 2.87. The first-order valence-electron chi connectivity index (χ1n) is 11.9. The van der Waals surface area contributed by atoms with E-state index in [2.05, 4.69) is 17.4 Å². The summed E-state index contributed by atoms with van der Waals surface area (Å²) in [5.74, 6) is 0.957. The Balaban J connectivity index is 1.83. The molecular formula is C29H34N2O2S. The van der Waals surface area contributed by atoms with Gasteiger partial charge in [0, 0.05) is 24.8 Å². The molecule has 34 heavy (non-hydrogen) atoms. The van der Waals surface area contributed by atoms with Crippen LogP contribution in [-0.4, -0.2) is 34.6 Å². The minimum atomic E-state index is -0.582. The van der Waals surface area contributed by atoms with E-state index in [0.717, 1.165) is 23.3 Å². The summed E-state index contributed by atoms with van der Waals surface area (Å²) in [5, 5.41) is 3.11. The zero-order valence-electron chi connectivity index (χ0n) is 20.0. The molecular weight excluding hydrogens is 440 g/mol. The lowest BCUT2D eigenvalue weighted by molar-refractivity contribution is -0.139. The summed E-state index contributed by atoms with van der Waals surface area (Å²) in [5.41, 5.74) is 3.23. The van der Waals surface area contributed by atoms with Gasteiger partial charge in [-0.3, -0.25) is 9.59 Å². The predicted octanol–water partition coefficient (Wildman–Crippen LogP) is 5.47. The lowest BCUT2D eigenvalue weighted by Gasteiger charge is -2.32. The first-order chi connectivity index (χ1) is 16.6. The molecule has 3 aromatic carbocycles. The second-order valence-corrected chi connectivity index (χ2v) is 9.49. The molecule has 0 aliphatic rings. The van der Waals surface area contributed by atoms with E-state index in [1.54, 1.807) is 16.7 Å². The molecule has 3 aromatic rings. The second-order valence-electron chi connectivity index (χ2n) is 8.51. The molecule has 4 nitrogen and oxygen atoms in total. The number of amides is 2. The molecule has 3 rings (SSSR count). The molecule has 0 aliphatic carbocycles. The summed E-state index contributed by atoms with van der Waals surface area (Å²) >= 11 is 1.58. The number of carbonyl (C=O) groups is 2. The van der Waals surface area contributed by atoms with Gasteiger partial charge in [0.25, 0.3) is 0 Å². The molecule has 0 unspecified atom stereocenters. The van der Waals surface area contributed by atoms with Gasteiger partial charge in [-0.2, -0.15) is 0 Å². The molecule has 0 saturated heterocycles. The van der Waals surface area contributed by atoms with E-state index in [0.29, 0.717) is 18.7 Å². The SMILES string of the molecule is CC[C@@H](C)NC(=O)[C@@H](Cc1ccccc1)N(Cc1ccccc1)C(=O)CSCc1ccccc1. The van der Waals surface area contributed by atoms with E-state index in [1.165, 1.54) is 5.56 Å². The standard InChI is InChI=1S/C29H34N2O2S/c1-3-23(2)30-29(33)27(19-24-13-7-4-8-14-24)31(20-25-15-9-5-10-16-25)28(32)22-34-21-26-17-11-6-12-18-26/h4-18,23,27H,3,19-22H2,1-2H3,(H,30,33)/t23-,27-/m1/s1. The van der Waals surface area contributed by atoms with Crippen molar-refractivity contribution in [3.63, 3.8) is 0 Å². The van der Waals surface area contributed by atoms with Crippen LogP contribution in [0.15, 0.2) is 91.0 Å². The molecule has 178 valence electrons. The summed E-state index contributed by atoms with van der Waals surface area (Å²) in [6.07, 6.45) is 1.31. The molecule has 0 aromatic heterocycles. The Kier molecular flexibility index (Phi) is 10.2. The highest BCUT2D eigenvalue weighted by atomic mass is 32.2. The van der Waals surface area contributed by atoms with Gasteiger partial charge in [-0.25, -0.2) is 0 Å². The van der Waals surface area contributed by atoms with Crippen molar-refractivity contribution in [2.75, 3.05) is 5.75 Å². The number of carbonyl (C=O) groups excluding carboxylic acids is 2. The summed E-state index contributed by atoms with van der Waals surface area (Å²) in [7, 11) is 0. The van der Waals surface area contributed by atoms with Gasteiger partial charge in [-0.05, 0) is 30.0 Å². The number of hydrogen-bond acceptors (Lipinski definition) is 3. The van der Waals surface area contributed by atoms with Crippen LogP contribution in [0.3, 0.4) is 0 Å². The largest absolute Gasteiger partial charge is 0.352 e. The molecule has 0 radical (unpaired) electrons. The van der Waals surface area contributed by atoms with Crippen molar-refractivity contribution in [1.82, 2.24) is 10.2 Å². The molecule has 1 N–H and O–H groups in total. The van der Waals surface area contributed by atoms with Gasteiger partial charge in [0.15, 0.2) is 0 Å². The lowest BCUT2D eigenvalue weighted by Crippen LogP contribution is -2.52. The molecule has 0 spiro atoms. The van der Waals surface area contributed by atoms with Crippen LogP contribution >= 0.6 is 11.8 Å². The van der Waals surface area contributed by atoms with Crippen LogP contribution in [-0.2, 0) is 28.3 Å². The number of thioether (sulfide) groups is 1. The highest BCUT2D eigenvalue weighted by Crippen LogP contribution is 2.18. The molecule has 5 heteroatoms. The molecule has 0 saturated carbocycles. The monoisotopic (exact) mass is 474 g/mol. The Hall–Kier alpha value is -3.05. The molecule has 2 amide bonds. The topological polar surface area (TPSA) is 49.4 Å². The number of hydrogen-bond donors (Lipinski definition) is 1. The van der Waals surface area contributed by atoms with Crippen molar-refractivity contribution in [2.24, 2.45) is 0 Å². The van der Waals surface area contributed by atoms with E-state index >= 15 is 0 Å². The first-order valence-corrected chi connectivity index (χ1v) is 13.0. The van der Waals surface area contributed by atoms with Gasteiger partial charge in [0.05, 0.1) is 5.75 Å². The van der Waals surface area contributed by atoms with E-state index in [-0.39, 0.29) is 17.9 Å². The van der Waals surface area contributed by atoms with Crippen LogP contribution in [0.5, 0.6) is 0 Å². The average molecular weight is 475 g/mol. The van der Waals surface area contributed by atoms with Crippen molar-refractivity contribution in [3.05, 3.63) is 108 Å². The lowest BCUT2D eigenvalue weighted by atomic mass is 10.0. The highest BCUT2D eigenvalue weighted by molar-refractivity contribution is 7.99. The van der Waals surface area contributed by atoms with Crippen molar-refractivity contribution in [1.29, 1.82) is 0 Å². The van der Waals surface area contributed by atoms with Crippen LogP contribution in [0.25, 0.3) is 0 Å². The maximum absolute atomic E-state index is 13.6. The van der Waals surface area contributed by atoms with Gasteiger partial charge in [-0.15, -0.1) is 11.8 Å². The van der Waals surface area contributed by atoms with E-state index in [1.807, 2.05) is 92.7 Å². The quantitative estimate of drug-likeness (QED) is 0.378. The fourth-order valence-corrected chi connectivity index (χ4v) is 4.56. The maximum Gasteiger partial charge on any atom is 0.243 e. The second kappa shape index (κ2) is 13.6. The van der Waals surface area contributed by atoms with Gasteiger partial charge < -0.3 is 10.2 Å². The minimum absolute atomic E-state index is 0.0231. The van der Waals surface area contributed by atoms with Crippen molar-refractivity contribution in [3.8, 4) is 0 Å². The van der Waals surface area contributed by atoms with Crippen molar-refractivity contribution < 1.29 is 9.59 Å². The van der Waals surface area contributed by atoms with Crippen LogP contribution in [0, 0.1) is 0 Å². The zero-order valence-corrected chi connectivity index (χ0v) is 20.8. The van der Waals surface area contributed by atoms with Crippen molar-refractivity contribution in [2.45, 2.75) is 51.1 Å². The van der Waals surface area contributed by atoms with Gasteiger partial charge in [0.1, 0.15) is 6.04 Å². The summed E-state index contributed by atoms with van der Waals surface area (Å²) < 4.78 is 0. The highest BCUT2D eigenvalue weighted by Gasteiger charge is 2.30. The molecule has 0 aliphatic heterocycles. The first kappa shape index (κ1) is 25.6. The molecule has 2 atom stereocenters. The van der Waals surface area contributed by atoms with Crippen LogP contribution in [0.1, 0.15) is 37.0 Å².